The molecule has 0 saturated carbocycles. The van der Waals surface area contributed by atoms with Crippen molar-refractivity contribution in [1.82, 2.24) is 9.55 Å². The van der Waals surface area contributed by atoms with Gasteiger partial charge in [-0.25, -0.2) is 4.98 Å². The van der Waals surface area contributed by atoms with Gasteiger partial charge in [-0.2, -0.15) is 12.1 Å². The fraction of sp³-hybridized carbons (Fsp3) is 0.310. The number of anilines is 3. The Morgan fingerprint density at radius 2 is 1.35 bits per heavy atom. The number of fused-ring (bicyclic) bond motifs is 4. The molecule has 0 fully saturated rings. The van der Waals surface area contributed by atoms with Crippen LogP contribution in [0.15, 0.2) is 91.1 Å². The molecule has 3 heterocycles. The average molecular weight is 816 g/mol. The van der Waals surface area contributed by atoms with Gasteiger partial charge < -0.3 is 19.1 Å². The Morgan fingerprint density at radius 3 is 2.06 bits per heavy atom. The van der Waals surface area contributed by atoms with E-state index >= 15 is 0 Å². The summed E-state index contributed by atoms with van der Waals surface area (Å²) in [5.41, 5.74) is 7.81. The van der Waals surface area contributed by atoms with Crippen molar-refractivity contribution in [1.29, 1.82) is 0 Å². The second-order valence-corrected chi connectivity index (χ2v) is 15.7. The molecule has 4 aromatic carbocycles. The maximum absolute atomic E-state index is 6.62. The van der Waals surface area contributed by atoms with Gasteiger partial charge in [-0.15, -0.1) is 35.2 Å². The molecular formula is C42H44N4OPt. The molecule has 6 heteroatoms. The zero-order valence-electron chi connectivity index (χ0n) is 29.4. The van der Waals surface area contributed by atoms with Gasteiger partial charge in [0.15, 0.2) is 0 Å². The minimum Gasteiger partial charge on any atom is -0.509 e. The van der Waals surface area contributed by atoms with Crippen LogP contribution < -0.4 is 14.5 Å². The van der Waals surface area contributed by atoms with Gasteiger partial charge in [0.25, 0.3) is 0 Å². The Morgan fingerprint density at radius 1 is 0.688 bits per heavy atom. The number of para-hydroxylation sites is 3. The molecule has 0 atom stereocenters. The molecule has 0 spiro atoms. The molecule has 0 radical (unpaired) electrons. The van der Waals surface area contributed by atoms with E-state index in [4.69, 9.17) is 9.72 Å². The number of hydrogen-bond acceptors (Lipinski definition) is 4. The van der Waals surface area contributed by atoms with Crippen LogP contribution in [-0.4, -0.2) is 21.8 Å². The maximum atomic E-state index is 6.62. The molecule has 0 saturated heterocycles. The zero-order chi connectivity index (χ0) is 33.3. The maximum Gasteiger partial charge on any atom is 2.00 e. The first kappa shape index (κ1) is 33.8. The molecular weight excluding hydrogens is 772 g/mol. The molecule has 2 aromatic heterocycles. The van der Waals surface area contributed by atoms with Crippen LogP contribution in [0.5, 0.6) is 11.5 Å². The molecule has 7 rings (SSSR count). The first-order valence-electron chi connectivity index (χ1n) is 16.5. The van der Waals surface area contributed by atoms with E-state index in [0.29, 0.717) is 11.5 Å². The molecule has 0 bridgehead atoms. The topological polar surface area (TPSA) is 33.5 Å². The third-order valence-electron chi connectivity index (χ3n) is 9.15. The second kappa shape index (κ2) is 12.1. The van der Waals surface area contributed by atoms with Crippen molar-refractivity contribution in [3.8, 4) is 17.3 Å². The summed E-state index contributed by atoms with van der Waals surface area (Å²) < 4.78 is 8.82. The summed E-state index contributed by atoms with van der Waals surface area (Å²) >= 11 is 0. The van der Waals surface area contributed by atoms with Crippen molar-refractivity contribution in [3.05, 3.63) is 114 Å². The van der Waals surface area contributed by atoms with Crippen LogP contribution in [0.4, 0.5) is 17.1 Å². The molecule has 48 heavy (non-hydrogen) atoms. The standard InChI is InChI=1S/C42H44N4O.Pt/c1-40(2,3)28-22-23-43-39(24-28)46-34-15-11-10-14-31(34)32-20-18-29(25-37(32)46)47-30-19-21-33(41(4,5)6)38(26-30)44-27-45(42(7,8)9)36-17-13-12-16-35(36)44;/h10-24H,27H2,1-9H3;/q-2;+2. The molecule has 1 aliphatic heterocycles. The number of benzene rings is 4. The largest absolute Gasteiger partial charge is 2.00 e. The van der Waals surface area contributed by atoms with E-state index in [2.05, 4.69) is 162 Å². The summed E-state index contributed by atoms with van der Waals surface area (Å²) in [5, 5.41) is 2.27. The second-order valence-electron chi connectivity index (χ2n) is 15.7. The van der Waals surface area contributed by atoms with E-state index in [0.717, 1.165) is 40.0 Å². The summed E-state index contributed by atoms with van der Waals surface area (Å²) in [4.78, 5) is 9.67. The van der Waals surface area contributed by atoms with Gasteiger partial charge in [0.2, 0.25) is 0 Å². The molecule has 0 aliphatic carbocycles. The van der Waals surface area contributed by atoms with Gasteiger partial charge in [-0.1, -0.05) is 88.5 Å². The summed E-state index contributed by atoms with van der Waals surface area (Å²) in [7, 11) is 0. The van der Waals surface area contributed by atoms with Gasteiger partial charge in [-0.05, 0) is 67.5 Å². The summed E-state index contributed by atoms with van der Waals surface area (Å²) in [6.45, 7) is 21.0. The average Bonchev–Trinajstić information content (AvgIpc) is 3.57. The summed E-state index contributed by atoms with van der Waals surface area (Å²) in [5.74, 6) is 2.17. The SMILES string of the molecule is CC(C)(C)c1ccnc(-n2c3[c-]c(Oc4[c-]c(N5CN(C(C)(C)C)c6ccccc65)c(C(C)(C)C)cc4)ccc3c3ccccc32)c1.[Pt+2]. The van der Waals surface area contributed by atoms with E-state index in [1.807, 2.05) is 18.3 Å². The van der Waals surface area contributed by atoms with E-state index in [-0.39, 0.29) is 37.4 Å². The van der Waals surface area contributed by atoms with Gasteiger partial charge in [0, 0.05) is 28.8 Å². The number of nitrogens with zero attached hydrogens (tertiary/aromatic N) is 4. The van der Waals surface area contributed by atoms with Gasteiger partial charge in [0.1, 0.15) is 5.82 Å². The van der Waals surface area contributed by atoms with Gasteiger partial charge in [-0.3, -0.25) is 0 Å². The van der Waals surface area contributed by atoms with Crippen molar-refractivity contribution in [2.45, 2.75) is 78.7 Å². The van der Waals surface area contributed by atoms with Crippen LogP contribution >= 0.6 is 0 Å². The number of pyridine rings is 1. The van der Waals surface area contributed by atoms with Crippen molar-refractivity contribution in [2.24, 2.45) is 0 Å². The van der Waals surface area contributed by atoms with Crippen molar-refractivity contribution in [3.63, 3.8) is 0 Å². The predicted molar refractivity (Wildman–Crippen MR) is 196 cm³/mol. The third kappa shape index (κ3) is 6.03. The summed E-state index contributed by atoms with van der Waals surface area (Å²) in [6, 6.07) is 37.1. The molecule has 1 aliphatic rings. The van der Waals surface area contributed by atoms with Crippen LogP contribution in [0.3, 0.4) is 0 Å². The van der Waals surface area contributed by atoms with Crippen LogP contribution in [0.25, 0.3) is 27.6 Å². The van der Waals surface area contributed by atoms with E-state index < -0.39 is 0 Å². The fourth-order valence-corrected chi connectivity index (χ4v) is 6.62. The van der Waals surface area contributed by atoms with E-state index in [1.54, 1.807) is 0 Å². The normalized spacial score (nSPS) is 13.6. The Bertz CT molecular complexity index is 2130. The minimum absolute atomic E-state index is 0. The molecule has 0 amide bonds. The van der Waals surface area contributed by atoms with Crippen molar-refractivity contribution >= 4 is 38.9 Å². The van der Waals surface area contributed by atoms with E-state index in [1.165, 1.54) is 22.5 Å². The van der Waals surface area contributed by atoms with Crippen molar-refractivity contribution < 1.29 is 25.8 Å². The monoisotopic (exact) mass is 815 g/mol. The van der Waals surface area contributed by atoms with E-state index in [9.17, 15) is 0 Å². The predicted octanol–water partition coefficient (Wildman–Crippen LogP) is 10.9. The Labute approximate surface area is 299 Å². The van der Waals surface area contributed by atoms with Gasteiger partial charge in [0.05, 0.1) is 18.0 Å². The van der Waals surface area contributed by atoms with Crippen LogP contribution in [-0.2, 0) is 31.9 Å². The Hall–Kier alpha value is -4.08. The minimum atomic E-state index is -0.0883. The number of ether oxygens (including phenoxy) is 1. The van der Waals surface area contributed by atoms with Gasteiger partial charge >= 0.3 is 21.1 Å². The van der Waals surface area contributed by atoms with Crippen LogP contribution in [0.1, 0.15) is 73.4 Å². The Balaban J connectivity index is 0.00000401. The third-order valence-corrected chi connectivity index (χ3v) is 9.15. The first-order valence-corrected chi connectivity index (χ1v) is 16.5. The number of hydrogen-bond donors (Lipinski definition) is 0. The molecule has 6 aromatic rings. The fourth-order valence-electron chi connectivity index (χ4n) is 6.62. The molecule has 0 unspecified atom stereocenters. The molecule has 0 N–H and O–H groups in total. The van der Waals surface area contributed by atoms with Crippen molar-refractivity contribution in [2.75, 3.05) is 16.5 Å². The smallest absolute Gasteiger partial charge is 0.509 e. The molecule has 5 nitrogen and oxygen atoms in total. The van der Waals surface area contributed by atoms with Crippen LogP contribution in [0.2, 0.25) is 0 Å². The first-order chi connectivity index (χ1) is 22.2. The quantitative estimate of drug-likeness (QED) is 0.166. The summed E-state index contributed by atoms with van der Waals surface area (Å²) in [6.07, 6.45) is 1.90. The molecule has 248 valence electrons. The van der Waals surface area contributed by atoms with Crippen LogP contribution in [0, 0.1) is 12.1 Å². The number of rotatable bonds is 4. The number of aromatic nitrogens is 2. The zero-order valence-corrected chi connectivity index (χ0v) is 31.7. The Kier molecular flexibility index (Phi) is 8.53.